The number of likely N-dealkylation sites (tertiary alicyclic amines) is 1. The Bertz CT molecular complexity index is 726. The molecule has 3 rings (SSSR count). The maximum atomic E-state index is 6.08. The van der Waals surface area contributed by atoms with E-state index in [9.17, 15) is 0 Å². The zero-order valence-corrected chi connectivity index (χ0v) is 17.9. The van der Waals surface area contributed by atoms with Crippen molar-refractivity contribution in [3.63, 3.8) is 0 Å². The van der Waals surface area contributed by atoms with E-state index in [-0.39, 0.29) is 24.0 Å². The number of aryl methyl sites for hydroxylation is 1. The highest BCUT2D eigenvalue weighted by molar-refractivity contribution is 14.0. The molecule has 0 radical (unpaired) electrons. The maximum absolute atomic E-state index is 6.08. The molecule has 1 aliphatic rings. The van der Waals surface area contributed by atoms with Gasteiger partial charge in [0.25, 0.3) is 0 Å². The number of nitrogens with one attached hydrogen (secondary N) is 1. The Morgan fingerprint density at radius 3 is 2.88 bits per heavy atom. The topological polar surface area (TPSA) is 71.5 Å². The van der Waals surface area contributed by atoms with Crippen LogP contribution in [0.3, 0.4) is 0 Å². The molecule has 6 nitrogen and oxygen atoms in total. The number of nitrogens with zero attached hydrogens (tertiary/aromatic N) is 4. The van der Waals surface area contributed by atoms with Crippen LogP contribution >= 0.6 is 24.0 Å². The van der Waals surface area contributed by atoms with E-state index in [2.05, 4.69) is 39.4 Å². The summed E-state index contributed by atoms with van der Waals surface area (Å²) >= 11 is 0. The number of hydrogen-bond acceptors (Lipinski definition) is 3. The summed E-state index contributed by atoms with van der Waals surface area (Å²) in [5, 5.41) is 7.78. The molecule has 2 aromatic rings. The average molecular weight is 468 g/mol. The monoisotopic (exact) mass is 468 g/mol. The first-order valence-corrected chi connectivity index (χ1v) is 9.05. The fourth-order valence-corrected chi connectivity index (χ4v) is 3.41. The second-order valence-corrected chi connectivity index (χ2v) is 6.54. The van der Waals surface area contributed by atoms with Crippen molar-refractivity contribution in [2.45, 2.75) is 39.3 Å². The Hall–Kier alpha value is -1.61. The van der Waals surface area contributed by atoms with Gasteiger partial charge in [-0.1, -0.05) is 25.1 Å². The third kappa shape index (κ3) is 5.20. The standard InChI is InChI=1S/C19H28N6.HI/c1-3-24-11-6-8-17(24)14-22-19(20)21-13-16-7-4-5-9-18(16)25-12-10-15(2)23-25;/h4-5,7,9-10,12,17H,3,6,8,11,13-14H2,1-2H3,(H3,20,21,22);1H. The summed E-state index contributed by atoms with van der Waals surface area (Å²) in [5.74, 6) is 0.509. The van der Waals surface area contributed by atoms with E-state index in [1.54, 1.807) is 0 Å². The van der Waals surface area contributed by atoms with Crippen molar-refractivity contribution in [1.29, 1.82) is 0 Å². The molecule has 0 amide bonds. The highest BCUT2D eigenvalue weighted by Crippen LogP contribution is 2.16. The van der Waals surface area contributed by atoms with Gasteiger partial charge in [-0.15, -0.1) is 24.0 Å². The SMILES string of the molecule is CCN1CCCC1CNC(N)=NCc1ccccc1-n1ccc(C)n1.I. The van der Waals surface area contributed by atoms with Crippen LogP contribution in [0.25, 0.3) is 5.69 Å². The van der Waals surface area contributed by atoms with Crippen LogP contribution < -0.4 is 11.1 Å². The van der Waals surface area contributed by atoms with Gasteiger partial charge in [-0.25, -0.2) is 9.67 Å². The van der Waals surface area contributed by atoms with Crippen LogP contribution in [0.1, 0.15) is 31.0 Å². The summed E-state index contributed by atoms with van der Waals surface area (Å²) < 4.78 is 1.89. The second-order valence-electron chi connectivity index (χ2n) is 6.54. The van der Waals surface area contributed by atoms with Crippen molar-refractivity contribution < 1.29 is 0 Å². The van der Waals surface area contributed by atoms with Crippen LogP contribution in [0.5, 0.6) is 0 Å². The number of para-hydroxylation sites is 1. The fraction of sp³-hybridized carbons (Fsp3) is 0.474. The fourth-order valence-electron chi connectivity index (χ4n) is 3.41. The minimum absolute atomic E-state index is 0. The number of nitrogens with two attached hydrogens (primary N) is 1. The minimum atomic E-state index is 0. The van der Waals surface area contributed by atoms with Crippen LogP contribution in [-0.4, -0.2) is 46.3 Å². The van der Waals surface area contributed by atoms with E-state index < -0.39 is 0 Å². The van der Waals surface area contributed by atoms with Crippen molar-refractivity contribution in [1.82, 2.24) is 20.0 Å². The maximum Gasteiger partial charge on any atom is 0.188 e. The molecule has 1 saturated heterocycles. The number of hydrogen-bond donors (Lipinski definition) is 2. The van der Waals surface area contributed by atoms with Crippen LogP contribution in [0, 0.1) is 6.92 Å². The molecule has 0 aliphatic carbocycles. The summed E-state index contributed by atoms with van der Waals surface area (Å²) in [6, 6.07) is 10.7. The molecule has 1 fully saturated rings. The quantitative estimate of drug-likeness (QED) is 0.389. The lowest BCUT2D eigenvalue weighted by Crippen LogP contribution is -2.42. The summed E-state index contributed by atoms with van der Waals surface area (Å²) in [5.41, 5.74) is 9.22. The Morgan fingerprint density at radius 2 is 2.15 bits per heavy atom. The van der Waals surface area contributed by atoms with Crippen molar-refractivity contribution in [2.24, 2.45) is 10.7 Å². The van der Waals surface area contributed by atoms with Gasteiger partial charge < -0.3 is 11.1 Å². The number of aliphatic imine (C=N–C) groups is 1. The van der Waals surface area contributed by atoms with E-state index in [1.165, 1.54) is 19.4 Å². The van der Waals surface area contributed by atoms with Crippen LogP contribution in [0.4, 0.5) is 0 Å². The van der Waals surface area contributed by atoms with Crippen molar-refractivity contribution in [3.8, 4) is 5.69 Å². The van der Waals surface area contributed by atoms with E-state index in [1.807, 2.05) is 36.0 Å². The third-order valence-electron chi connectivity index (χ3n) is 4.80. The lowest BCUT2D eigenvalue weighted by molar-refractivity contribution is 0.267. The Morgan fingerprint density at radius 1 is 1.35 bits per heavy atom. The molecule has 7 heteroatoms. The Labute approximate surface area is 172 Å². The molecule has 26 heavy (non-hydrogen) atoms. The molecule has 142 valence electrons. The first-order chi connectivity index (χ1) is 12.2. The number of benzene rings is 1. The molecule has 1 atom stereocenters. The first kappa shape index (κ1) is 20.7. The zero-order chi connectivity index (χ0) is 17.6. The summed E-state index contributed by atoms with van der Waals surface area (Å²) in [7, 11) is 0. The van der Waals surface area contributed by atoms with E-state index in [0.29, 0.717) is 18.5 Å². The summed E-state index contributed by atoms with van der Waals surface area (Å²) in [6.07, 6.45) is 4.47. The van der Waals surface area contributed by atoms with Crippen LogP contribution in [0.2, 0.25) is 0 Å². The van der Waals surface area contributed by atoms with Gasteiger partial charge in [0.05, 0.1) is 17.9 Å². The van der Waals surface area contributed by atoms with Crippen molar-refractivity contribution in [3.05, 3.63) is 47.8 Å². The Kier molecular flexibility index (Phi) is 7.89. The highest BCUT2D eigenvalue weighted by Gasteiger charge is 2.22. The molecular weight excluding hydrogens is 439 g/mol. The zero-order valence-electron chi connectivity index (χ0n) is 15.6. The van der Waals surface area contributed by atoms with Gasteiger partial charge in [-0.05, 0) is 50.6 Å². The molecule has 0 saturated carbocycles. The lowest BCUT2D eigenvalue weighted by atomic mass is 10.2. The summed E-state index contributed by atoms with van der Waals surface area (Å²) in [6.45, 7) is 7.89. The summed E-state index contributed by atoms with van der Waals surface area (Å²) in [4.78, 5) is 7.02. The minimum Gasteiger partial charge on any atom is -0.370 e. The molecule has 1 aromatic carbocycles. The number of rotatable bonds is 6. The number of aromatic nitrogens is 2. The van der Waals surface area contributed by atoms with Crippen molar-refractivity contribution >= 4 is 29.9 Å². The van der Waals surface area contributed by atoms with Crippen LogP contribution in [0.15, 0.2) is 41.5 Å². The largest absolute Gasteiger partial charge is 0.370 e. The number of guanidine groups is 1. The van der Waals surface area contributed by atoms with Crippen molar-refractivity contribution in [2.75, 3.05) is 19.6 Å². The normalized spacial score (nSPS) is 17.9. The molecule has 1 unspecified atom stereocenters. The predicted octanol–water partition coefficient (Wildman–Crippen LogP) is 2.69. The van der Waals surface area contributed by atoms with Gasteiger partial charge in [0, 0.05) is 18.8 Å². The van der Waals surface area contributed by atoms with Gasteiger partial charge in [0.15, 0.2) is 5.96 Å². The lowest BCUT2D eigenvalue weighted by Gasteiger charge is -2.23. The molecule has 2 heterocycles. The molecule has 1 aromatic heterocycles. The van der Waals surface area contributed by atoms with Gasteiger partial charge in [0.2, 0.25) is 0 Å². The Balaban J connectivity index is 0.00000243. The van der Waals surface area contributed by atoms with Crippen LogP contribution in [-0.2, 0) is 6.54 Å². The molecular formula is C19H29IN6. The molecule has 0 bridgehead atoms. The van der Waals surface area contributed by atoms with E-state index in [0.717, 1.165) is 30.0 Å². The van der Waals surface area contributed by atoms with E-state index >= 15 is 0 Å². The second kappa shape index (κ2) is 9.91. The molecule has 0 spiro atoms. The number of likely N-dealkylation sites (N-methyl/N-ethyl adjacent to an activating group) is 1. The molecule has 3 N–H and O–H groups in total. The van der Waals surface area contributed by atoms with E-state index in [4.69, 9.17) is 5.73 Å². The highest BCUT2D eigenvalue weighted by atomic mass is 127. The first-order valence-electron chi connectivity index (χ1n) is 9.05. The molecule has 1 aliphatic heterocycles. The predicted molar refractivity (Wildman–Crippen MR) is 117 cm³/mol. The van der Waals surface area contributed by atoms with Gasteiger partial charge in [-0.2, -0.15) is 5.10 Å². The van der Waals surface area contributed by atoms with Gasteiger partial charge in [0.1, 0.15) is 0 Å². The number of halogens is 1. The third-order valence-corrected chi connectivity index (χ3v) is 4.80. The van der Waals surface area contributed by atoms with Gasteiger partial charge in [-0.3, -0.25) is 4.90 Å². The average Bonchev–Trinajstić information content (AvgIpc) is 3.26. The smallest absolute Gasteiger partial charge is 0.188 e. The van der Waals surface area contributed by atoms with Gasteiger partial charge >= 0.3 is 0 Å².